The van der Waals surface area contributed by atoms with Crippen molar-refractivity contribution >= 4 is 22.9 Å². The van der Waals surface area contributed by atoms with Crippen molar-refractivity contribution in [2.75, 3.05) is 6.54 Å². The molecule has 0 aromatic carbocycles. The van der Waals surface area contributed by atoms with Gasteiger partial charge in [-0.25, -0.2) is 12.8 Å². The highest BCUT2D eigenvalue weighted by atomic mass is 127. The van der Waals surface area contributed by atoms with Gasteiger partial charge >= 0.3 is 0 Å². The summed E-state index contributed by atoms with van der Waals surface area (Å²) in [6, 6.07) is 0. The Morgan fingerprint density at radius 3 is 3.30 bits per heavy atom. The first-order chi connectivity index (χ1) is 4.86. The third kappa shape index (κ3) is 1.03. The zero-order valence-corrected chi connectivity index (χ0v) is 7.52. The molecule has 0 saturated carbocycles. The highest BCUT2D eigenvalue weighted by Gasteiger charge is 2.14. The molecule has 0 saturated heterocycles. The summed E-state index contributed by atoms with van der Waals surface area (Å²) < 4.78 is 4.16. The van der Waals surface area contributed by atoms with Crippen molar-refractivity contribution < 1.29 is 0 Å². The molecule has 4 nitrogen and oxygen atoms in total. The molecule has 0 aliphatic carbocycles. The van der Waals surface area contributed by atoms with Gasteiger partial charge in [0.2, 0.25) is 0 Å². The molecule has 0 atom stereocenters. The van der Waals surface area contributed by atoms with E-state index in [1.807, 2.05) is 4.68 Å². The predicted octanol–water partition coefficient (Wildman–Crippen LogP) is 0.444. The fraction of sp³-hybridized carbons (Fsp3) is 0.600. The first kappa shape index (κ1) is 6.53. The molecule has 0 fully saturated rings. The maximum Gasteiger partial charge on any atom is 0.141 e. The third-order valence-electron chi connectivity index (χ3n) is 1.56. The van der Waals surface area contributed by atoms with Crippen LogP contribution in [-0.4, -0.2) is 24.4 Å². The molecule has 5 heteroatoms. The van der Waals surface area contributed by atoms with Crippen LogP contribution in [0.25, 0.3) is 0 Å². The van der Waals surface area contributed by atoms with Gasteiger partial charge in [-0.3, -0.25) is 0 Å². The molecule has 1 aromatic heterocycles. The van der Waals surface area contributed by atoms with Crippen LogP contribution >= 0.6 is 22.9 Å². The highest BCUT2D eigenvalue weighted by molar-refractivity contribution is 14.1. The molecule has 0 bridgehead atoms. The largest absolute Gasteiger partial charge is 0.247 e. The van der Waals surface area contributed by atoms with Gasteiger partial charge in [0, 0.05) is 29.4 Å². The highest BCUT2D eigenvalue weighted by Crippen LogP contribution is 2.11. The van der Waals surface area contributed by atoms with Gasteiger partial charge in [-0.1, -0.05) is 0 Å². The summed E-state index contributed by atoms with van der Waals surface area (Å²) in [6.07, 6.45) is 1.62. The summed E-state index contributed by atoms with van der Waals surface area (Å²) in [7, 11) is 0. The van der Waals surface area contributed by atoms with E-state index in [1.165, 1.54) is 0 Å². The van der Waals surface area contributed by atoms with E-state index in [-0.39, 0.29) is 0 Å². The van der Waals surface area contributed by atoms with Crippen molar-refractivity contribution in [3.8, 4) is 0 Å². The molecule has 0 amide bonds. The van der Waals surface area contributed by atoms with E-state index >= 15 is 0 Å². The van der Waals surface area contributed by atoms with E-state index in [9.17, 15) is 0 Å². The molecule has 0 spiro atoms. The van der Waals surface area contributed by atoms with E-state index < -0.39 is 0 Å². The average Bonchev–Trinajstić information content (AvgIpc) is 2.33. The van der Waals surface area contributed by atoms with Crippen LogP contribution in [0.4, 0.5) is 0 Å². The topological polar surface area (TPSA) is 34.0 Å². The average molecular weight is 250 g/mol. The Morgan fingerprint density at radius 1 is 1.50 bits per heavy atom. The van der Waals surface area contributed by atoms with Crippen LogP contribution in [0, 0.1) is 0 Å². The Kier molecular flexibility index (Phi) is 1.61. The number of hydrogen-bond acceptors (Lipinski definition) is 3. The Bertz CT molecular complexity index is 233. The van der Waals surface area contributed by atoms with Gasteiger partial charge < -0.3 is 0 Å². The molecule has 0 radical (unpaired) electrons. The fourth-order valence-electron chi connectivity index (χ4n) is 1.03. The fourth-order valence-corrected chi connectivity index (χ4v) is 1.55. The molecule has 54 valence electrons. The lowest BCUT2D eigenvalue weighted by Crippen LogP contribution is -2.26. The SMILES string of the molecule is IN1CCn2ncnc2C1. The van der Waals surface area contributed by atoms with Crippen molar-refractivity contribution in [3.05, 3.63) is 12.2 Å². The molecule has 1 aliphatic rings. The van der Waals surface area contributed by atoms with Gasteiger partial charge in [0.15, 0.2) is 0 Å². The van der Waals surface area contributed by atoms with Crippen LogP contribution < -0.4 is 0 Å². The third-order valence-corrected chi connectivity index (χ3v) is 2.39. The van der Waals surface area contributed by atoms with Crippen LogP contribution in [0.2, 0.25) is 0 Å². The van der Waals surface area contributed by atoms with Crippen molar-refractivity contribution in [2.24, 2.45) is 0 Å². The summed E-state index contributed by atoms with van der Waals surface area (Å²) in [5, 5.41) is 4.07. The Labute approximate surface area is 72.7 Å². The lowest BCUT2D eigenvalue weighted by molar-refractivity contribution is 0.374. The Hall–Kier alpha value is -0.170. The molecule has 2 rings (SSSR count). The van der Waals surface area contributed by atoms with Gasteiger partial charge in [0.05, 0.1) is 13.1 Å². The lowest BCUT2D eigenvalue weighted by atomic mass is 10.4. The van der Waals surface area contributed by atoms with Gasteiger partial charge in [-0.05, 0) is 0 Å². The second-order valence-corrected chi connectivity index (χ2v) is 3.61. The molecule has 1 aliphatic heterocycles. The normalized spacial score (nSPS) is 18.9. The predicted molar refractivity (Wildman–Crippen MR) is 44.5 cm³/mol. The molecule has 2 heterocycles. The van der Waals surface area contributed by atoms with Gasteiger partial charge in [-0.15, -0.1) is 0 Å². The molecular weight excluding hydrogens is 243 g/mol. The first-order valence-electron chi connectivity index (χ1n) is 3.13. The molecule has 10 heavy (non-hydrogen) atoms. The summed E-state index contributed by atoms with van der Waals surface area (Å²) in [6.45, 7) is 2.95. The van der Waals surface area contributed by atoms with Crippen LogP contribution in [0.1, 0.15) is 5.82 Å². The lowest BCUT2D eigenvalue weighted by Gasteiger charge is -2.19. The summed E-state index contributed by atoms with van der Waals surface area (Å²) in [5.74, 6) is 1.07. The van der Waals surface area contributed by atoms with Crippen LogP contribution in [0.3, 0.4) is 0 Å². The number of halogens is 1. The number of aromatic nitrogens is 3. The van der Waals surface area contributed by atoms with Crippen LogP contribution in [-0.2, 0) is 13.1 Å². The van der Waals surface area contributed by atoms with Gasteiger partial charge in [-0.2, -0.15) is 5.10 Å². The van der Waals surface area contributed by atoms with Crippen molar-refractivity contribution in [1.82, 2.24) is 17.9 Å². The summed E-state index contributed by atoms with van der Waals surface area (Å²) in [5.41, 5.74) is 0. The van der Waals surface area contributed by atoms with Crippen molar-refractivity contribution in [3.63, 3.8) is 0 Å². The van der Waals surface area contributed by atoms with E-state index in [0.717, 1.165) is 25.5 Å². The smallest absolute Gasteiger partial charge is 0.141 e. The maximum absolute atomic E-state index is 4.11. The van der Waals surface area contributed by atoms with Crippen LogP contribution in [0.5, 0.6) is 0 Å². The van der Waals surface area contributed by atoms with E-state index in [0.29, 0.717) is 0 Å². The number of fused-ring (bicyclic) bond motifs is 1. The first-order valence-corrected chi connectivity index (χ1v) is 4.10. The molecular formula is C5H7IN4. The van der Waals surface area contributed by atoms with Gasteiger partial charge in [0.1, 0.15) is 12.2 Å². The summed E-state index contributed by atoms with van der Waals surface area (Å²) in [4.78, 5) is 4.11. The minimum absolute atomic E-state index is 0.917. The van der Waals surface area contributed by atoms with E-state index in [1.54, 1.807) is 6.33 Å². The maximum atomic E-state index is 4.11. The van der Waals surface area contributed by atoms with Crippen molar-refractivity contribution in [2.45, 2.75) is 13.1 Å². The van der Waals surface area contributed by atoms with E-state index in [2.05, 4.69) is 36.1 Å². The second kappa shape index (κ2) is 2.46. The number of nitrogens with zero attached hydrogens (tertiary/aromatic N) is 4. The standard InChI is InChI=1S/C5H7IN4/c6-9-1-2-10-5(3-9)7-4-8-10/h4H,1-3H2. The Balaban J connectivity index is 2.30. The quantitative estimate of drug-likeness (QED) is 0.495. The zero-order valence-electron chi connectivity index (χ0n) is 5.37. The molecule has 0 N–H and O–H groups in total. The Morgan fingerprint density at radius 2 is 2.40 bits per heavy atom. The monoisotopic (exact) mass is 250 g/mol. The summed E-state index contributed by atoms with van der Waals surface area (Å²) >= 11 is 2.30. The number of rotatable bonds is 0. The molecule has 0 unspecified atom stereocenters. The molecule has 1 aromatic rings. The minimum Gasteiger partial charge on any atom is -0.247 e. The second-order valence-electron chi connectivity index (χ2n) is 2.24. The van der Waals surface area contributed by atoms with Gasteiger partial charge in [0.25, 0.3) is 0 Å². The number of hydrogen-bond donors (Lipinski definition) is 0. The zero-order chi connectivity index (χ0) is 6.97. The van der Waals surface area contributed by atoms with E-state index in [4.69, 9.17) is 0 Å². The van der Waals surface area contributed by atoms with Crippen LogP contribution in [0.15, 0.2) is 6.33 Å². The minimum atomic E-state index is 0.917. The van der Waals surface area contributed by atoms with Crippen molar-refractivity contribution in [1.29, 1.82) is 0 Å².